The van der Waals surface area contributed by atoms with E-state index in [1.54, 1.807) is 11.9 Å². The van der Waals surface area contributed by atoms with E-state index in [1.165, 1.54) is 0 Å². The first kappa shape index (κ1) is 21.2. The lowest BCUT2D eigenvalue weighted by Gasteiger charge is -2.31. The predicted octanol–water partition coefficient (Wildman–Crippen LogP) is 1.94. The van der Waals surface area contributed by atoms with Gasteiger partial charge in [0, 0.05) is 46.6 Å². The van der Waals surface area contributed by atoms with Gasteiger partial charge < -0.3 is 20.1 Å². The lowest BCUT2D eigenvalue weighted by molar-refractivity contribution is -0.138. The first-order valence-corrected chi connectivity index (χ1v) is 9.87. The maximum Gasteiger partial charge on any atom is 0.230 e. The van der Waals surface area contributed by atoms with Gasteiger partial charge in [-0.3, -0.25) is 9.79 Å². The standard InChI is InChI=1S/C19H34N6O2/c1-14(2)16-23-15(27-24-16)9-8-12-21-18(20-3)22-13-19(10-6-7-11-19)17(26)25(4)5/h14H,6-13H2,1-5H3,(H2,20,21,22). The number of guanidine groups is 1. The molecule has 1 aromatic rings. The summed E-state index contributed by atoms with van der Waals surface area (Å²) in [5.41, 5.74) is -0.307. The molecule has 1 saturated carbocycles. The number of hydrogen-bond donors (Lipinski definition) is 2. The van der Waals surface area contributed by atoms with Crippen molar-refractivity contribution in [1.29, 1.82) is 0 Å². The first-order valence-electron chi connectivity index (χ1n) is 9.87. The molecule has 0 radical (unpaired) electrons. The van der Waals surface area contributed by atoms with Crippen molar-refractivity contribution in [3.63, 3.8) is 0 Å². The van der Waals surface area contributed by atoms with Crippen LogP contribution in [0.2, 0.25) is 0 Å². The fourth-order valence-corrected chi connectivity index (χ4v) is 3.52. The molecule has 8 nitrogen and oxygen atoms in total. The van der Waals surface area contributed by atoms with Crippen LogP contribution in [-0.4, -0.2) is 61.1 Å². The van der Waals surface area contributed by atoms with Crippen molar-refractivity contribution in [3.8, 4) is 0 Å². The maximum atomic E-state index is 12.6. The van der Waals surface area contributed by atoms with Crippen LogP contribution in [0.25, 0.3) is 0 Å². The van der Waals surface area contributed by atoms with Gasteiger partial charge in [-0.1, -0.05) is 31.8 Å². The molecule has 27 heavy (non-hydrogen) atoms. The van der Waals surface area contributed by atoms with E-state index in [0.717, 1.165) is 56.9 Å². The van der Waals surface area contributed by atoms with Gasteiger partial charge in [-0.2, -0.15) is 4.98 Å². The molecule has 2 rings (SSSR count). The SMILES string of the molecule is CN=C(NCCCc1nc(C(C)C)no1)NCC1(C(=O)N(C)C)CCCC1. The number of carbonyl (C=O) groups excluding carboxylic acids is 1. The van der Waals surface area contributed by atoms with Crippen molar-refractivity contribution in [2.24, 2.45) is 10.4 Å². The van der Waals surface area contributed by atoms with Crippen molar-refractivity contribution in [1.82, 2.24) is 25.7 Å². The molecule has 0 saturated heterocycles. The van der Waals surface area contributed by atoms with E-state index < -0.39 is 0 Å². The number of aliphatic imine (C=N–C) groups is 1. The molecule has 0 atom stereocenters. The molecule has 0 spiro atoms. The summed E-state index contributed by atoms with van der Waals surface area (Å²) in [5.74, 6) is 2.63. The number of aryl methyl sites for hydroxylation is 1. The highest BCUT2D eigenvalue weighted by Gasteiger charge is 2.42. The minimum Gasteiger partial charge on any atom is -0.356 e. The van der Waals surface area contributed by atoms with Crippen molar-refractivity contribution in [2.75, 3.05) is 34.2 Å². The third kappa shape index (κ3) is 5.68. The van der Waals surface area contributed by atoms with Gasteiger partial charge in [0.25, 0.3) is 0 Å². The van der Waals surface area contributed by atoms with E-state index in [0.29, 0.717) is 12.4 Å². The second-order valence-electron chi connectivity index (χ2n) is 7.84. The van der Waals surface area contributed by atoms with Gasteiger partial charge in [0.05, 0.1) is 5.41 Å². The Kier molecular flexibility index (Phi) is 7.62. The summed E-state index contributed by atoms with van der Waals surface area (Å²) in [7, 11) is 5.41. The molecule has 0 aromatic carbocycles. The van der Waals surface area contributed by atoms with E-state index in [2.05, 4.69) is 25.8 Å². The molecule has 1 aliphatic carbocycles. The Labute approximate surface area is 162 Å². The van der Waals surface area contributed by atoms with Gasteiger partial charge >= 0.3 is 0 Å². The van der Waals surface area contributed by atoms with Gasteiger partial charge in [-0.05, 0) is 19.3 Å². The highest BCUT2D eigenvalue weighted by atomic mass is 16.5. The Bertz CT molecular complexity index is 632. The Morgan fingerprint density at radius 1 is 1.30 bits per heavy atom. The van der Waals surface area contributed by atoms with Crippen LogP contribution < -0.4 is 10.6 Å². The van der Waals surface area contributed by atoms with Crippen LogP contribution in [-0.2, 0) is 11.2 Å². The number of rotatable bonds is 8. The molecular formula is C19H34N6O2. The van der Waals surface area contributed by atoms with Crippen LogP contribution >= 0.6 is 0 Å². The fourth-order valence-electron chi connectivity index (χ4n) is 3.52. The van der Waals surface area contributed by atoms with Crippen LogP contribution in [0, 0.1) is 5.41 Å². The predicted molar refractivity (Wildman–Crippen MR) is 106 cm³/mol. The molecular weight excluding hydrogens is 344 g/mol. The van der Waals surface area contributed by atoms with Crippen molar-refractivity contribution in [2.45, 2.75) is 58.3 Å². The van der Waals surface area contributed by atoms with Crippen LogP contribution in [0.15, 0.2) is 9.52 Å². The van der Waals surface area contributed by atoms with Gasteiger partial charge in [-0.25, -0.2) is 0 Å². The average Bonchev–Trinajstić information content (AvgIpc) is 3.30. The van der Waals surface area contributed by atoms with Crippen LogP contribution in [0.3, 0.4) is 0 Å². The molecule has 1 aromatic heterocycles. The normalized spacial score (nSPS) is 16.6. The molecule has 152 valence electrons. The third-order valence-electron chi connectivity index (χ3n) is 5.10. The largest absolute Gasteiger partial charge is 0.356 e. The number of carbonyl (C=O) groups is 1. The lowest BCUT2D eigenvalue weighted by Crippen LogP contribution is -2.49. The fraction of sp³-hybridized carbons (Fsp3) is 0.789. The molecule has 1 aliphatic rings. The quantitative estimate of drug-likeness (QED) is 0.408. The number of hydrogen-bond acceptors (Lipinski definition) is 5. The average molecular weight is 379 g/mol. The van der Waals surface area contributed by atoms with Crippen molar-refractivity contribution in [3.05, 3.63) is 11.7 Å². The first-order chi connectivity index (χ1) is 12.9. The van der Waals surface area contributed by atoms with Crippen LogP contribution in [0.5, 0.6) is 0 Å². The number of nitrogens with one attached hydrogen (secondary N) is 2. The van der Waals surface area contributed by atoms with E-state index >= 15 is 0 Å². The van der Waals surface area contributed by atoms with Gasteiger partial charge in [0.1, 0.15) is 0 Å². The zero-order valence-electron chi connectivity index (χ0n) is 17.3. The zero-order chi connectivity index (χ0) is 19.9. The smallest absolute Gasteiger partial charge is 0.230 e. The van der Waals surface area contributed by atoms with Gasteiger partial charge in [0.2, 0.25) is 11.8 Å². The second-order valence-corrected chi connectivity index (χ2v) is 7.84. The van der Waals surface area contributed by atoms with Crippen molar-refractivity contribution < 1.29 is 9.32 Å². The minimum atomic E-state index is -0.307. The van der Waals surface area contributed by atoms with E-state index in [4.69, 9.17) is 4.52 Å². The summed E-state index contributed by atoms with van der Waals surface area (Å²) < 4.78 is 5.26. The van der Waals surface area contributed by atoms with Crippen molar-refractivity contribution >= 4 is 11.9 Å². The Morgan fingerprint density at radius 2 is 2.00 bits per heavy atom. The van der Waals surface area contributed by atoms with E-state index in [-0.39, 0.29) is 17.2 Å². The monoisotopic (exact) mass is 378 g/mol. The minimum absolute atomic E-state index is 0.209. The lowest BCUT2D eigenvalue weighted by atomic mass is 9.84. The Balaban J connectivity index is 1.77. The summed E-state index contributed by atoms with van der Waals surface area (Å²) in [6.07, 6.45) is 5.67. The highest BCUT2D eigenvalue weighted by Crippen LogP contribution is 2.38. The summed E-state index contributed by atoms with van der Waals surface area (Å²) >= 11 is 0. The third-order valence-corrected chi connectivity index (χ3v) is 5.10. The Morgan fingerprint density at radius 3 is 2.56 bits per heavy atom. The van der Waals surface area contributed by atoms with E-state index in [1.807, 2.05) is 27.9 Å². The summed E-state index contributed by atoms with van der Waals surface area (Å²) in [4.78, 5) is 23.0. The number of aromatic nitrogens is 2. The zero-order valence-corrected chi connectivity index (χ0v) is 17.3. The number of amides is 1. The molecule has 0 bridgehead atoms. The molecule has 1 heterocycles. The molecule has 0 aliphatic heterocycles. The molecule has 1 fully saturated rings. The summed E-state index contributed by atoms with van der Waals surface area (Å²) in [6, 6.07) is 0. The molecule has 2 N–H and O–H groups in total. The maximum absolute atomic E-state index is 12.6. The number of nitrogens with zero attached hydrogens (tertiary/aromatic N) is 4. The van der Waals surface area contributed by atoms with Gasteiger partial charge in [0.15, 0.2) is 11.8 Å². The highest BCUT2D eigenvalue weighted by molar-refractivity contribution is 5.85. The molecule has 8 heteroatoms. The van der Waals surface area contributed by atoms with E-state index in [9.17, 15) is 4.79 Å². The van der Waals surface area contributed by atoms with Crippen LogP contribution in [0.4, 0.5) is 0 Å². The Hall–Kier alpha value is -2.12. The second kappa shape index (κ2) is 9.71. The molecule has 0 unspecified atom stereocenters. The summed E-state index contributed by atoms with van der Waals surface area (Å²) in [5, 5.41) is 10.6. The van der Waals surface area contributed by atoms with Gasteiger partial charge in [-0.15, -0.1) is 0 Å². The molecule has 1 amide bonds. The summed E-state index contributed by atoms with van der Waals surface area (Å²) in [6.45, 7) is 5.45. The van der Waals surface area contributed by atoms with Crippen LogP contribution in [0.1, 0.15) is 63.6 Å². The topological polar surface area (TPSA) is 95.6 Å².